The van der Waals surface area contributed by atoms with E-state index in [4.69, 9.17) is 23.7 Å². The quantitative estimate of drug-likeness (QED) is 0.205. The van der Waals surface area contributed by atoms with Crippen molar-refractivity contribution < 1.29 is 48.1 Å². The summed E-state index contributed by atoms with van der Waals surface area (Å²) in [5, 5.41) is 23.8. The van der Waals surface area contributed by atoms with Crippen LogP contribution in [-0.4, -0.2) is 113 Å². The third-order valence-electron chi connectivity index (χ3n) is 11.3. The summed E-state index contributed by atoms with van der Waals surface area (Å²) in [7, 11) is 5.32. The number of aliphatic hydroxyl groups excluding tert-OH is 1. The average molecular weight is 747 g/mol. The van der Waals surface area contributed by atoms with Gasteiger partial charge in [0.15, 0.2) is 11.9 Å². The molecule has 3 aliphatic rings. The van der Waals surface area contributed by atoms with Crippen molar-refractivity contribution in [2.24, 2.45) is 17.8 Å². The highest BCUT2D eigenvalue weighted by Gasteiger charge is 2.60. The van der Waals surface area contributed by atoms with Crippen LogP contribution >= 0.6 is 0 Å². The minimum atomic E-state index is -1.45. The Labute approximate surface area is 312 Å². The largest absolute Gasteiger partial charge is 0.455 e. The van der Waals surface area contributed by atoms with E-state index >= 15 is 0 Å². The number of methoxy groups -OCH3 is 1. The third-order valence-corrected chi connectivity index (χ3v) is 11.3. The van der Waals surface area contributed by atoms with Crippen LogP contribution < -0.4 is 5.43 Å². The minimum absolute atomic E-state index is 0.0713. The van der Waals surface area contributed by atoms with Crippen molar-refractivity contribution in [3.63, 3.8) is 0 Å². The zero-order valence-corrected chi connectivity index (χ0v) is 32.9. The van der Waals surface area contributed by atoms with Crippen LogP contribution in [0.2, 0.25) is 0 Å². The maximum atomic E-state index is 14.6. The first-order valence-corrected chi connectivity index (χ1v) is 18.4. The molecule has 2 saturated heterocycles. The first-order chi connectivity index (χ1) is 24.8. The van der Waals surface area contributed by atoms with Crippen molar-refractivity contribution in [2.75, 3.05) is 21.2 Å². The van der Waals surface area contributed by atoms with Gasteiger partial charge in [0.2, 0.25) is 0 Å². The molecule has 0 radical (unpaired) electrons. The first kappa shape index (κ1) is 42.3. The van der Waals surface area contributed by atoms with Gasteiger partial charge in [0.25, 0.3) is 5.69 Å². The van der Waals surface area contributed by atoms with Crippen molar-refractivity contribution in [3.8, 4) is 0 Å². The number of fused-ring (bicyclic) bond motifs is 1. The van der Waals surface area contributed by atoms with Gasteiger partial charge in [-0.3, -0.25) is 14.9 Å². The standard InChI is InChI=1S/C38H58N4O11/c1-12-29-38(8)32(41(36(46)53-38)39-20-26-13-15-27(16-14-26)42(47)48)25(6)30(43)23(4)19-37(7,49-11)33(21(2)17-22(3)34(45)51-29)52-35-31(44)28(40(9)10)18-24(5)50-35/h13-17,21,23-25,28-29,31-33,35,39,44H,12,18-20H2,1-11H3/b22-17+/t21-,23+,24+,25-,28-,29?,31+,32+,33+,35-,37+,38+/m0/s1. The summed E-state index contributed by atoms with van der Waals surface area (Å²) in [5.74, 6) is -2.74. The lowest BCUT2D eigenvalue weighted by atomic mass is 9.74. The molecule has 3 heterocycles. The molecule has 0 aromatic heterocycles. The van der Waals surface area contributed by atoms with Gasteiger partial charge < -0.3 is 33.7 Å². The maximum absolute atomic E-state index is 14.6. The highest BCUT2D eigenvalue weighted by Crippen LogP contribution is 2.42. The molecule has 0 bridgehead atoms. The van der Waals surface area contributed by atoms with Crippen LogP contribution in [0.15, 0.2) is 35.9 Å². The lowest BCUT2D eigenvalue weighted by Gasteiger charge is -2.46. The number of amides is 1. The molecule has 12 atom stereocenters. The number of non-ortho nitro benzene ring substituents is 1. The topological polar surface area (TPSA) is 179 Å². The van der Waals surface area contributed by atoms with E-state index in [9.17, 15) is 29.6 Å². The SMILES string of the molecule is CCC1OC(=O)/C(C)=C/[C@H](C)[C@@H](O[C@@H]2O[C@H](C)C[C@H](N(C)C)[C@H]2O)[C@](C)(OC)C[C@@H](C)C(=O)[C@H](C)[C@H]2N(NCc3ccc([N+](=O)[O-])cc3)C(=O)O[C@]12C. The van der Waals surface area contributed by atoms with E-state index in [1.165, 1.54) is 24.3 Å². The fourth-order valence-corrected chi connectivity index (χ4v) is 8.35. The Morgan fingerprint density at radius 1 is 1.11 bits per heavy atom. The van der Waals surface area contributed by atoms with Gasteiger partial charge >= 0.3 is 12.1 Å². The number of Topliss-reactive ketones (excluding diaryl/α,β-unsaturated/α-hetero) is 1. The summed E-state index contributed by atoms with van der Waals surface area (Å²) >= 11 is 0. The summed E-state index contributed by atoms with van der Waals surface area (Å²) in [6, 6.07) is 4.73. The summed E-state index contributed by atoms with van der Waals surface area (Å²) in [6.45, 7) is 14.4. The van der Waals surface area contributed by atoms with E-state index in [1.54, 1.807) is 39.0 Å². The number of nitro benzene ring substituents is 1. The van der Waals surface area contributed by atoms with Gasteiger partial charge in [-0.2, -0.15) is 0 Å². The number of carbonyl (C=O) groups is 3. The highest BCUT2D eigenvalue weighted by atomic mass is 16.7. The number of esters is 1. The normalized spacial score (nSPS) is 38.4. The van der Waals surface area contributed by atoms with Crippen molar-refractivity contribution in [1.29, 1.82) is 0 Å². The minimum Gasteiger partial charge on any atom is -0.455 e. The Morgan fingerprint density at radius 2 is 1.75 bits per heavy atom. The Balaban J connectivity index is 1.75. The number of cyclic esters (lactones) is 1. The third kappa shape index (κ3) is 8.92. The molecular formula is C38H58N4O11. The number of hydrogen-bond donors (Lipinski definition) is 2. The summed E-state index contributed by atoms with van der Waals surface area (Å²) in [6.07, 6.45) is -1.87. The van der Waals surface area contributed by atoms with E-state index in [-0.39, 0.29) is 43.0 Å². The number of aliphatic hydroxyl groups is 1. The van der Waals surface area contributed by atoms with Crippen LogP contribution in [-0.2, 0) is 39.8 Å². The number of hydrogen-bond acceptors (Lipinski definition) is 13. The Kier molecular flexibility index (Phi) is 13.5. The number of benzene rings is 1. The number of rotatable bonds is 9. The molecule has 0 aliphatic carbocycles. The maximum Gasteiger partial charge on any atom is 0.425 e. The molecule has 53 heavy (non-hydrogen) atoms. The van der Waals surface area contributed by atoms with Crippen LogP contribution in [0, 0.1) is 27.9 Å². The number of carbonyl (C=O) groups excluding carboxylic acids is 3. The van der Waals surface area contributed by atoms with Crippen LogP contribution in [0.5, 0.6) is 0 Å². The zero-order valence-electron chi connectivity index (χ0n) is 32.9. The predicted octanol–water partition coefficient (Wildman–Crippen LogP) is 4.54. The van der Waals surface area contributed by atoms with Gasteiger partial charge in [-0.25, -0.2) is 20.0 Å². The first-order valence-electron chi connectivity index (χ1n) is 18.4. The van der Waals surface area contributed by atoms with Crippen molar-refractivity contribution in [1.82, 2.24) is 15.3 Å². The van der Waals surface area contributed by atoms with E-state index in [1.807, 2.05) is 53.6 Å². The van der Waals surface area contributed by atoms with Gasteiger partial charge in [0.05, 0.1) is 22.7 Å². The van der Waals surface area contributed by atoms with E-state index < -0.39 is 76.6 Å². The molecule has 1 aromatic rings. The van der Waals surface area contributed by atoms with Crippen molar-refractivity contribution in [2.45, 2.75) is 135 Å². The Morgan fingerprint density at radius 3 is 2.32 bits per heavy atom. The number of nitrogens with one attached hydrogen (secondary N) is 1. The van der Waals surface area contributed by atoms with Gasteiger partial charge in [-0.05, 0) is 66.6 Å². The Bertz CT molecular complexity index is 1520. The second-order valence-corrected chi connectivity index (χ2v) is 15.6. The average Bonchev–Trinajstić information content (AvgIpc) is 3.37. The predicted molar refractivity (Wildman–Crippen MR) is 194 cm³/mol. The molecule has 1 amide bonds. The lowest BCUT2D eigenvalue weighted by Crippen LogP contribution is -2.60. The molecule has 2 fully saturated rings. The van der Waals surface area contributed by atoms with Crippen LogP contribution in [0.1, 0.15) is 80.2 Å². The summed E-state index contributed by atoms with van der Waals surface area (Å²) in [5.41, 5.74) is 1.39. The second kappa shape index (κ2) is 16.9. The van der Waals surface area contributed by atoms with E-state index in [0.717, 1.165) is 0 Å². The van der Waals surface area contributed by atoms with E-state index in [0.29, 0.717) is 17.6 Å². The molecule has 15 heteroatoms. The number of nitro groups is 1. The molecule has 0 saturated carbocycles. The van der Waals surface area contributed by atoms with Crippen LogP contribution in [0.25, 0.3) is 0 Å². The fourth-order valence-electron chi connectivity index (χ4n) is 8.35. The van der Waals surface area contributed by atoms with Crippen LogP contribution in [0.4, 0.5) is 10.5 Å². The molecule has 3 aliphatic heterocycles. The van der Waals surface area contributed by atoms with E-state index in [2.05, 4.69) is 5.43 Å². The van der Waals surface area contributed by atoms with Crippen LogP contribution in [0.3, 0.4) is 0 Å². The lowest BCUT2D eigenvalue weighted by molar-refractivity contribution is -0.384. The fraction of sp³-hybridized carbons (Fsp3) is 0.711. The summed E-state index contributed by atoms with van der Waals surface area (Å²) < 4.78 is 31.2. The smallest absolute Gasteiger partial charge is 0.425 e. The molecule has 1 unspecified atom stereocenters. The number of nitrogens with zero attached hydrogens (tertiary/aromatic N) is 3. The van der Waals surface area contributed by atoms with Crippen molar-refractivity contribution >= 4 is 23.5 Å². The molecule has 0 spiro atoms. The number of ketones is 1. The molecule has 296 valence electrons. The number of ether oxygens (including phenoxy) is 5. The number of likely N-dealkylation sites (N-methyl/N-ethyl adjacent to an activating group) is 1. The van der Waals surface area contributed by atoms with Crippen molar-refractivity contribution in [3.05, 3.63) is 51.6 Å². The molecule has 2 N–H and O–H groups in total. The van der Waals surface area contributed by atoms with Gasteiger partial charge in [-0.1, -0.05) is 45.9 Å². The van der Waals surface area contributed by atoms with Gasteiger partial charge in [0.1, 0.15) is 24.0 Å². The van der Waals surface area contributed by atoms with Gasteiger partial charge in [-0.15, -0.1) is 0 Å². The molecule has 4 rings (SSSR count). The van der Waals surface area contributed by atoms with Gasteiger partial charge in [0, 0.05) is 55.2 Å². The zero-order chi connectivity index (χ0) is 39.6. The Hall–Kier alpha value is -3.47. The molecular weight excluding hydrogens is 688 g/mol. The number of hydrazine groups is 1. The monoisotopic (exact) mass is 746 g/mol. The second-order valence-electron chi connectivity index (χ2n) is 15.6. The summed E-state index contributed by atoms with van der Waals surface area (Å²) in [4.78, 5) is 54.6. The highest BCUT2D eigenvalue weighted by molar-refractivity contribution is 5.88. The molecule has 15 nitrogen and oxygen atoms in total. The molecule has 1 aromatic carbocycles.